The molecule has 0 aliphatic heterocycles. The van der Waals surface area contributed by atoms with Gasteiger partial charge in [-0.25, -0.2) is 4.39 Å². The number of halogens is 1. The van der Waals surface area contributed by atoms with Crippen LogP contribution in [0.3, 0.4) is 0 Å². The summed E-state index contributed by atoms with van der Waals surface area (Å²) < 4.78 is 12.6. The molecule has 3 N–H and O–H groups in total. The maximum atomic E-state index is 12.6. The van der Waals surface area contributed by atoms with Crippen molar-refractivity contribution in [1.29, 1.82) is 0 Å². The predicted octanol–water partition coefficient (Wildman–Crippen LogP) is 1.22. The Kier molecular flexibility index (Phi) is 4.92. The van der Waals surface area contributed by atoms with Gasteiger partial charge in [-0.05, 0) is 30.5 Å². The summed E-state index contributed by atoms with van der Waals surface area (Å²) in [6.45, 7) is 2.39. The molecule has 0 saturated heterocycles. The van der Waals surface area contributed by atoms with Gasteiger partial charge < -0.3 is 11.1 Å². The lowest BCUT2D eigenvalue weighted by atomic mass is 10.1. The van der Waals surface area contributed by atoms with Crippen LogP contribution in [0, 0.1) is 5.82 Å². The van der Waals surface area contributed by atoms with Gasteiger partial charge in [0.05, 0.1) is 6.04 Å². The summed E-state index contributed by atoms with van der Waals surface area (Å²) in [5.74, 6) is -0.384. The van der Waals surface area contributed by atoms with Gasteiger partial charge in [0.2, 0.25) is 5.91 Å². The summed E-state index contributed by atoms with van der Waals surface area (Å²) in [4.78, 5) is 11.3. The Morgan fingerprint density at radius 1 is 1.44 bits per heavy atom. The molecule has 4 heteroatoms. The first-order chi connectivity index (χ1) is 7.63. The van der Waals surface area contributed by atoms with Crippen molar-refractivity contribution >= 4 is 5.91 Å². The van der Waals surface area contributed by atoms with E-state index in [1.807, 2.05) is 6.92 Å². The Balaban J connectivity index is 2.30. The number of rotatable bonds is 5. The van der Waals surface area contributed by atoms with Gasteiger partial charge in [0.1, 0.15) is 5.82 Å². The molecule has 1 atom stereocenters. The van der Waals surface area contributed by atoms with Crippen LogP contribution in [0.4, 0.5) is 4.39 Å². The molecule has 1 amide bonds. The molecule has 0 aromatic heterocycles. The number of benzene rings is 1. The molecule has 0 heterocycles. The molecule has 0 aliphatic rings. The number of nitrogens with two attached hydrogens (primary N) is 1. The van der Waals surface area contributed by atoms with E-state index in [9.17, 15) is 9.18 Å². The first-order valence-electron chi connectivity index (χ1n) is 5.41. The van der Waals surface area contributed by atoms with Crippen LogP contribution in [0.25, 0.3) is 0 Å². The van der Waals surface area contributed by atoms with E-state index in [2.05, 4.69) is 5.32 Å². The summed E-state index contributed by atoms with van der Waals surface area (Å²) >= 11 is 0. The summed E-state index contributed by atoms with van der Waals surface area (Å²) in [7, 11) is 0. The minimum Gasteiger partial charge on any atom is -0.354 e. The lowest BCUT2D eigenvalue weighted by molar-refractivity contribution is -0.122. The third-order valence-corrected chi connectivity index (χ3v) is 2.40. The molecule has 88 valence electrons. The van der Waals surface area contributed by atoms with Crippen LogP contribution >= 0.6 is 0 Å². The van der Waals surface area contributed by atoms with Crippen molar-refractivity contribution in [1.82, 2.24) is 5.32 Å². The van der Waals surface area contributed by atoms with E-state index in [0.29, 0.717) is 19.4 Å². The lowest BCUT2D eigenvalue weighted by Crippen LogP contribution is -2.40. The number of carbonyl (C=O) groups is 1. The second kappa shape index (κ2) is 6.23. The van der Waals surface area contributed by atoms with Crippen LogP contribution in [0.2, 0.25) is 0 Å². The smallest absolute Gasteiger partial charge is 0.236 e. The van der Waals surface area contributed by atoms with E-state index in [-0.39, 0.29) is 11.7 Å². The largest absolute Gasteiger partial charge is 0.354 e. The molecule has 16 heavy (non-hydrogen) atoms. The van der Waals surface area contributed by atoms with Gasteiger partial charge >= 0.3 is 0 Å². The van der Waals surface area contributed by atoms with E-state index in [0.717, 1.165) is 5.56 Å². The minimum absolute atomic E-state index is 0.135. The van der Waals surface area contributed by atoms with E-state index in [1.54, 1.807) is 12.1 Å². The van der Waals surface area contributed by atoms with Gasteiger partial charge in [-0.2, -0.15) is 0 Å². The molecule has 0 saturated carbocycles. The number of hydrogen-bond acceptors (Lipinski definition) is 2. The van der Waals surface area contributed by atoms with E-state index < -0.39 is 6.04 Å². The van der Waals surface area contributed by atoms with Crippen molar-refractivity contribution in [3.8, 4) is 0 Å². The lowest BCUT2D eigenvalue weighted by Gasteiger charge is -2.09. The Labute approximate surface area is 94.8 Å². The van der Waals surface area contributed by atoms with Crippen LogP contribution in [-0.2, 0) is 11.2 Å². The molecule has 1 aromatic carbocycles. The van der Waals surface area contributed by atoms with Gasteiger partial charge in [0.25, 0.3) is 0 Å². The topological polar surface area (TPSA) is 55.1 Å². The highest BCUT2D eigenvalue weighted by molar-refractivity contribution is 5.81. The third-order valence-electron chi connectivity index (χ3n) is 2.40. The normalized spacial score (nSPS) is 12.2. The van der Waals surface area contributed by atoms with E-state index >= 15 is 0 Å². The highest BCUT2D eigenvalue weighted by Crippen LogP contribution is 2.02. The molecule has 0 unspecified atom stereocenters. The quantitative estimate of drug-likeness (QED) is 0.790. The fourth-order valence-electron chi connectivity index (χ4n) is 1.30. The molecular formula is C12H17FN2O. The highest BCUT2D eigenvalue weighted by atomic mass is 19.1. The fourth-order valence-corrected chi connectivity index (χ4v) is 1.30. The monoisotopic (exact) mass is 224 g/mol. The Bertz CT molecular complexity index is 337. The predicted molar refractivity (Wildman–Crippen MR) is 61.4 cm³/mol. The molecule has 0 spiro atoms. The zero-order valence-electron chi connectivity index (χ0n) is 9.37. The Morgan fingerprint density at radius 3 is 2.62 bits per heavy atom. The van der Waals surface area contributed by atoms with E-state index in [4.69, 9.17) is 5.73 Å². The van der Waals surface area contributed by atoms with Crippen molar-refractivity contribution < 1.29 is 9.18 Å². The van der Waals surface area contributed by atoms with Crippen LogP contribution in [0.1, 0.15) is 18.9 Å². The Morgan fingerprint density at radius 2 is 2.06 bits per heavy atom. The summed E-state index contributed by atoms with van der Waals surface area (Å²) in [6, 6.07) is 5.81. The zero-order valence-corrected chi connectivity index (χ0v) is 9.37. The van der Waals surface area contributed by atoms with Crippen molar-refractivity contribution in [2.45, 2.75) is 25.8 Å². The molecular weight excluding hydrogens is 207 g/mol. The highest BCUT2D eigenvalue weighted by Gasteiger charge is 2.09. The molecule has 1 aromatic rings. The van der Waals surface area contributed by atoms with Crippen molar-refractivity contribution in [3.05, 3.63) is 35.6 Å². The fraction of sp³-hybridized carbons (Fsp3) is 0.417. The second-order valence-corrected chi connectivity index (χ2v) is 3.68. The number of nitrogens with one attached hydrogen (secondary N) is 1. The Hall–Kier alpha value is -1.42. The van der Waals surface area contributed by atoms with Crippen LogP contribution < -0.4 is 11.1 Å². The molecule has 0 radical (unpaired) electrons. The second-order valence-electron chi connectivity index (χ2n) is 3.68. The average molecular weight is 224 g/mol. The van der Waals surface area contributed by atoms with Crippen LogP contribution in [0.5, 0.6) is 0 Å². The first-order valence-corrected chi connectivity index (χ1v) is 5.41. The molecule has 0 fully saturated rings. The number of carbonyl (C=O) groups excluding carboxylic acids is 1. The molecule has 3 nitrogen and oxygen atoms in total. The van der Waals surface area contributed by atoms with Crippen molar-refractivity contribution in [3.63, 3.8) is 0 Å². The van der Waals surface area contributed by atoms with Crippen molar-refractivity contribution in [2.75, 3.05) is 6.54 Å². The van der Waals surface area contributed by atoms with Gasteiger partial charge in [0.15, 0.2) is 0 Å². The van der Waals surface area contributed by atoms with Crippen LogP contribution in [-0.4, -0.2) is 18.5 Å². The van der Waals surface area contributed by atoms with Gasteiger partial charge in [-0.3, -0.25) is 4.79 Å². The summed E-state index contributed by atoms with van der Waals surface area (Å²) in [5, 5.41) is 2.74. The van der Waals surface area contributed by atoms with Crippen molar-refractivity contribution in [2.24, 2.45) is 5.73 Å². The molecule has 1 rings (SSSR count). The van der Waals surface area contributed by atoms with E-state index in [1.165, 1.54) is 12.1 Å². The minimum atomic E-state index is -0.437. The maximum absolute atomic E-state index is 12.6. The summed E-state index contributed by atoms with van der Waals surface area (Å²) in [5.41, 5.74) is 6.55. The van der Waals surface area contributed by atoms with Gasteiger partial charge in [-0.1, -0.05) is 19.1 Å². The van der Waals surface area contributed by atoms with Crippen LogP contribution in [0.15, 0.2) is 24.3 Å². The maximum Gasteiger partial charge on any atom is 0.236 e. The van der Waals surface area contributed by atoms with Gasteiger partial charge in [-0.15, -0.1) is 0 Å². The van der Waals surface area contributed by atoms with Gasteiger partial charge in [0, 0.05) is 6.54 Å². The molecule has 0 aliphatic carbocycles. The third kappa shape index (κ3) is 3.98. The zero-order chi connectivity index (χ0) is 12.0. The first kappa shape index (κ1) is 12.6. The molecule has 0 bridgehead atoms. The summed E-state index contributed by atoms with van der Waals surface area (Å²) in [6.07, 6.45) is 1.31. The standard InChI is InChI=1S/C12H17FN2O/c1-2-11(14)12(16)15-8-7-9-3-5-10(13)6-4-9/h3-6,11H,2,7-8,14H2,1H3,(H,15,16)/t11-/m1/s1. The number of hydrogen-bond donors (Lipinski definition) is 2. The SMILES string of the molecule is CC[C@@H](N)C(=O)NCCc1ccc(F)cc1. The number of amides is 1. The average Bonchev–Trinajstić information content (AvgIpc) is 2.30.